The molecular weight excluding hydrogens is 262 g/mol. The molecule has 0 amide bonds. The van der Waals surface area contributed by atoms with Crippen molar-refractivity contribution in [3.63, 3.8) is 0 Å². The quantitative estimate of drug-likeness (QED) is 0.911. The van der Waals surface area contributed by atoms with Gasteiger partial charge in [0.25, 0.3) is 0 Å². The van der Waals surface area contributed by atoms with Crippen LogP contribution in [0.2, 0.25) is 0 Å². The van der Waals surface area contributed by atoms with E-state index in [4.69, 9.17) is 11.0 Å². The van der Waals surface area contributed by atoms with Gasteiger partial charge >= 0.3 is 0 Å². The number of rotatable bonds is 5. The average Bonchev–Trinajstić information content (AvgIpc) is 2.48. The van der Waals surface area contributed by atoms with Gasteiger partial charge in [-0.1, -0.05) is 30.3 Å². The van der Waals surface area contributed by atoms with Crippen LogP contribution in [0.4, 0.5) is 11.6 Å². The molecule has 2 aromatic rings. The zero-order valence-electron chi connectivity index (χ0n) is 12.3. The van der Waals surface area contributed by atoms with Gasteiger partial charge in [-0.3, -0.25) is 0 Å². The predicted octanol–water partition coefficient (Wildman–Crippen LogP) is 2.85. The molecule has 0 saturated carbocycles. The normalized spacial score (nSPS) is 10.4. The molecule has 2 rings (SSSR count). The predicted molar refractivity (Wildman–Crippen MR) is 84.6 cm³/mol. The van der Waals surface area contributed by atoms with E-state index in [1.165, 1.54) is 0 Å². The molecule has 0 radical (unpaired) electrons. The lowest BCUT2D eigenvalue weighted by molar-refractivity contribution is 0.676. The number of nitrogen functional groups attached to an aromatic ring is 1. The molecule has 0 aliphatic carbocycles. The summed E-state index contributed by atoms with van der Waals surface area (Å²) in [5.74, 6) is 1.79. The number of nitriles is 1. The van der Waals surface area contributed by atoms with Crippen molar-refractivity contribution in [3.05, 3.63) is 36.4 Å². The van der Waals surface area contributed by atoms with Crippen molar-refractivity contribution in [2.75, 3.05) is 17.2 Å². The first-order valence-corrected chi connectivity index (χ1v) is 6.95. The second-order valence-electron chi connectivity index (χ2n) is 5.04. The lowest BCUT2D eigenvalue weighted by Crippen LogP contribution is -2.32. The number of anilines is 2. The van der Waals surface area contributed by atoms with Crippen molar-refractivity contribution >= 4 is 11.6 Å². The van der Waals surface area contributed by atoms with E-state index in [0.717, 1.165) is 11.4 Å². The lowest BCUT2D eigenvalue weighted by atomic mass is 10.2. The van der Waals surface area contributed by atoms with Crippen molar-refractivity contribution in [2.24, 2.45) is 0 Å². The Labute approximate surface area is 125 Å². The van der Waals surface area contributed by atoms with Crippen LogP contribution in [0.1, 0.15) is 20.3 Å². The molecule has 1 aromatic carbocycles. The SMILES string of the molecule is CC(C)N(CCC#N)c1cc(N)nc(-c2ccccc2)n1. The van der Waals surface area contributed by atoms with Crippen LogP contribution in [-0.4, -0.2) is 22.6 Å². The molecule has 0 aliphatic heterocycles. The summed E-state index contributed by atoms with van der Waals surface area (Å²) in [5, 5.41) is 8.80. The zero-order chi connectivity index (χ0) is 15.2. The van der Waals surface area contributed by atoms with Crippen molar-refractivity contribution in [2.45, 2.75) is 26.3 Å². The lowest BCUT2D eigenvalue weighted by Gasteiger charge is -2.27. The molecule has 0 saturated heterocycles. The number of nitrogens with zero attached hydrogens (tertiary/aromatic N) is 4. The van der Waals surface area contributed by atoms with Gasteiger partial charge in [-0.2, -0.15) is 5.26 Å². The molecule has 1 heterocycles. The molecule has 0 aliphatic rings. The van der Waals surface area contributed by atoms with E-state index < -0.39 is 0 Å². The van der Waals surface area contributed by atoms with Gasteiger partial charge in [0, 0.05) is 24.2 Å². The Bertz CT molecular complexity index is 631. The molecule has 0 unspecified atom stereocenters. The third-order valence-corrected chi connectivity index (χ3v) is 3.15. The maximum Gasteiger partial charge on any atom is 0.163 e. The number of hydrogen-bond donors (Lipinski definition) is 1. The first-order valence-electron chi connectivity index (χ1n) is 6.95. The summed E-state index contributed by atoms with van der Waals surface area (Å²) in [4.78, 5) is 11.0. The Hall–Kier alpha value is -2.61. The fourth-order valence-electron chi connectivity index (χ4n) is 2.12. The molecule has 0 fully saturated rings. The monoisotopic (exact) mass is 281 g/mol. The minimum Gasteiger partial charge on any atom is -0.384 e. The highest BCUT2D eigenvalue weighted by Crippen LogP contribution is 2.22. The van der Waals surface area contributed by atoms with Crippen LogP contribution in [0.15, 0.2) is 36.4 Å². The van der Waals surface area contributed by atoms with E-state index in [9.17, 15) is 0 Å². The maximum absolute atomic E-state index is 8.80. The highest BCUT2D eigenvalue weighted by atomic mass is 15.2. The van der Waals surface area contributed by atoms with Crippen molar-refractivity contribution < 1.29 is 0 Å². The smallest absolute Gasteiger partial charge is 0.163 e. The first kappa shape index (κ1) is 14.8. The number of aromatic nitrogens is 2. The van der Waals surface area contributed by atoms with Gasteiger partial charge in [0.1, 0.15) is 11.6 Å². The summed E-state index contributed by atoms with van der Waals surface area (Å²) in [7, 11) is 0. The summed E-state index contributed by atoms with van der Waals surface area (Å²) in [5.41, 5.74) is 6.85. The molecule has 1 aromatic heterocycles. The van der Waals surface area contributed by atoms with Crippen LogP contribution in [-0.2, 0) is 0 Å². The van der Waals surface area contributed by atoms with Crippen LogP contribution in [0.25, 0.3) is 11.4 Å². The van der Waals surface area contributed by atoms with Crippen LogP contribution >= 0.6 is 0 Å². The molecule has 2 N–H and O–H groups in total. The van der Waals surface area contributed by atoms with E-state index in [2.05, 4.69) is 34.8 Å². The third kappa shape index (κ3) is 3.69. The largest absolute Gasteiger partial charge is 0.384 e. The second kappa shape index (κ2) is 6.71. The van der Waals surface area contributed by atoms with E-state index in [1.807, 2.05) is 30.3 Å². The highest BCUT2D eigenvalue weighted by molar-refractivity contribution is 5.61. The molecule has 108 valence electrons. The molecule has 0 spiro atoms. The van der Waals surface area contributed by atoms with Gasteiger partial charge in [0.15, 0.2) is 5.82 Å². The third-order valence-electron chi connectivity index (χ3n) is 3.15. The Morgan fingerprint density at radius 3 is 2.57 bits per heavy atom. The maximum atomic E-state index is 8.80. The van der Waals surface area contributed by atoms with Crippen LogP contribution in [0.5, 0.6) is 0 Å². The van der Waals surface area contributed by atoms with E-state index >= 15 is 0 Å². The molecule has 5 heteroatoms. The van der Waals surface area contributed by atoms with Gasteiger partial charge in [0.2, 0.25) is 0 Å². The summed E-state index contributed by atoms with van der Waals surface area (Å²) < 4.78 is 0. The Morgan fingerprint density at radius 1 is 1.24 bits per heavy atom. The fraction of sp³-hybridized carbons (Fsp3) is 0.312. The average molecular weight is 281 g/mol. The minimum atomic E-state index is 0.233. The van der Waals surface area contributed by atoms with Gasteiger partial charge in [-0.25, -0.2) is 9.97 Å². The molecule has 5 nitrogen and oxygen atoms in total. The van der Waals surface area contributed by atoms with Crippen LogP contribution in [0, 0.1) is 11.3 Å². The van der Waals surface area contributed by atoms with E-state index in [1.54, 1.807) is 6.07 Å². The Balaban J connectivity index is 2.40. The Morgan fingerprint density at radius 2 is 1.95 bits per heavy atom. The van der Waals surface area contributed by atoms with E-state index in [-0.39, 0.29) is 6.04 Å². The number of nitrogens with two attached hydrogens (primary N) is 1. The van der Waals surface area contributed by atoms with Gasteiger partial charge < -0.3 is 10.6 Å². The highest BCUT2D eigenvalue weighted by Gasteiger charge is 2.14. The molecular formula is C16H19N5. The standard InChI is InChI=1S/C16H19N5/c1-12(2)21(10-6-9-17)15-11-14(18)19-16(20-15)13-7-4-3-5-8-13/h3-5,7-8,11-12H,6,10H2,1-2H3,(H2,18,19,20). The van der Waals surface area contributed by atoms with Crippen molar-refractivity contribution in [1.82, 2.24) is 9.97 Å². The minimum absolute atomic E-state index is 0.233. The van der Waals surface area contributed by atoms with Gasteiger partial charge in [0.05, 0.1) is 12.5 Å². The number of hydrogen-bond acceptors (Lipinski definition) is 5. The first-order chi connectivity index (χ1) is 10.1. The van der Waals surface area contributed by atoms with Crippen LogP contribution < -0.4 is 10.6 Å². The van der Waals surface area contributed by atoms with Crippen molar-refractivity contribution in [1.29, 1.82) is 5.26 Å². The van der Waals surface area contributed by atoms with Gasteiger partial charge in [-0.15, -0.1) is 0 Å². The van der Waals surface area contributed by atoms with Crippen molar-refractivity contribution in [3.8, 4) is 17.5 Å². The summed E-state index contributed by atoms with van der Waals surface area (Å²) in [6, 6.07) is 13.9. The van der Waals surface area contributed by atoms with Crippen LogP contribution in [0.3, 0.4) is 0 Å². The molecule has 21 heavy (non-hydrogen) atoms. The fourth-order valence-corrected chi connectivity index (χ4v) is 2.12. The topological polar surface area (TPSA) is 78.8 Å². The molecule has 0 bridgehead atoms. The summed E-state index contributed by atoms with van der Waals surface area (Å²) in [6.45, 7) is 4.76. The molecule has 0 atom stereocenters. The summed E-state index contributed by atoms with van der Waals surface area (Å²) in [6.07, 6.45) is 0.447. The van der Waals surface area contributed by atoms with Gasteiger partial charge in [-0.05, 0) is 13.8 Å². The second-order valence-corrected chi connectivity index (χ2v) is 5.04. The summed E-state index contributed by atoms with van der Waals surface area (Å²) >= 11 is 0. The Kier molecular flexibility index (Phi) is 4.72. The number of benzene rings is 1. The van der Waals surface area contributed by atoms with E-state index in [0.29, 0.717) is 24.6 Å². The zero-order valence-corrected chi connectivity index (χ0v) is 12.3.